The Morgan fingerprint density at radius 2 is 2.07 bits per heavy atom. The zero-order chi connectivity index (χ0) is 20.3. The molecule has 1 aliphatic rings. The van der Waals surface area contributed by atoms with Crippen LogP contribution in [0.15, 0.2) is 42.5 Å². The molecule has 0 aromatic heterocycles. The Bertz CT molecular complexity index is 875. The number of amides is 2. The number of carbonyl (C=O) groups excluding carboxylic acids is 2. The summed E-state index contributed by atoms with van der Waals surface area (Å²) >= 11 is 6.03. The van der Waals surface area contributed by atoms with Crippen LogP contribution in [-0.2, 0) is 9.59 Å². The number of hydrogen-bond donors (Lipinski definition) is 2. The van der Waals surface area contributed by atoms with E-state index in [2.05, 4.69) is 5.32 Å². The molecule has 6 nitrogen and oxygen atoms in total. The van der Waals surface area contributed by atoms with Gasteiger partial charge in [-0.2, -0.15) is 0 Å². The Labute approximate surface area is 166 Å². The van der Waals surface area contributed by atoms with Gasteiger partial charge in [0.1, 0.15) is 11.6 Å². The van der Waals surface area contributed by atoms with Crippen LogP contribution in [0.3, 0.4) is 0 Å². The third-order valence-electron chi connectivity index (χ3n) is 4.65. The van der Waals surface area contributed by atoms with Crippen molar-refractivity contribution in [1.29, 1.82) is 0 Å². The Morgan fingerprint density at radius 1 is 1.36 bits per heavy atom. The molecule has 0 bridgehead atoms. The van der Waals surface area contributed by atoms with Gasteiger partial charge in [-0.1, -0.05) is 23.7 Å². The van der Waals surface area contributed by atoms with Crippen molar-refractivity contribution in [2.24, 2.45) is 5.92 Å². The molecule has 2 atom stereocenters. The van der Waals surface area contributed by atoms with Crippen molar-refractivity contribution in [3.05, 3.63) is 58.9 Å². The molecule has 2 aromatic rings. The van der Waals surface area contributed by atoms with E-state index in [1.807, 2.05) is 0 Å². The lowest BCUT2D eigenvalue weighted by Crippen LogP contribution is -2.35. The van der Waals surface area contributed by atoms with Crippen LogP contribution in [0.1, 0.15) is 18.1 Å². The maximum Gasteiger partial charge on any atom is 0.227 e. The van der Waals surface area contributed by atoms with Gasteiger partial charge in [0.25, 0.3) is 0 Å². The first kappa shape index (κ1) is 20.1. The van der Waals surface area contributed by atoms with Gasteiger partial charge in [0.15, 0.2) is 0 Å². The number of rotatable bonds is 6. The highest BCUT2D eigenvalue weighted by Crippen LogP contribution is 2.35. The molecule has 2 aromatic carbocycles. The highest BCUT2D eigenvalue weighted by atomic mass is 35.5. The predicted octanol–water partition coefficient (Wildman–Crippen LogP) is 2.69. The number of carbonyl (C=O) groups is 2. The number of aliphatic hydroxyl groups excluding tert-OH is 1. The van der Waals surface area contributed by atoms with Gasteiger partial charge >= 0.3 is 0 Å². The number of aliphatic hydroxyl groups is 1. The second kappa shape index (κ2) is 8.58. The van der Waals surface area contributed by atoms with Crippen molar-refractivity contribution in [1.82, 2.24) is 5.32 Å². The van der Waals surface area contributed by atoms with E-state index in [4.69, 9.17) is 16.3 Å². The molecule has 1 aliphatic heterocycles. The molecule has 2 unspecified atom stereocenters. The molecule has 1 fully saturated rings. The van der Waals surface area contributed by atoms with Crippen molar-refractivity contribution in [3.63, 3.8) is 0 Å². The Balaban J connectivity index is 1.62. The molecule has 28 heavy (non-hydrogen) atoms. The summed E-state index contributed by atoms with van der Waals surface area (Å²) in [4.78, 5) is 26.4. The molecule has 3 rings (SSSR count). The minimum atomic E-state index is -0.967. The molecule has 148 valence electrons. The van der Waals surface area contributed by atoms with E-state index in [9.17, 15) is 19.1 Å². The molecular weight excluding hydrogens is 387 g/mol. The van der Waals surface area contributed by atoms with Gasteiger partial charge in [0, 0.05) is 24.5 Å². The summed E-state index contributed by atoms with van der Waals surface area (Å²) in [5.74, 6) is -1.01. The van der Waals surface area contributed by atoms with Crippen LogP contribution < -0.4 is 15.0 Å². The number of ether oxygens (including phenoxy) is 1. The zero-order valence-electron chi connectivity index (χ0n) is 15.2. The quantitative estimate of drug-likeness (QED) is 0.773. The van der Waals surface area contributed by atoms with Crippen LogP contribution in [0.5, 0.6) is 5.75 Å². The molecule has 0 saturated carbocycles. The third-order valence-corrected chi connectivity index (χ3v) is 4.89. The summed E-state index contributed by atoms with van der Waals surface area (Å²) in [6, 6.07) is 10.3. The second-order valence-corrected chi connectivity index (χ2v) is 6.97. The van der Waals surface area contributed by atoms with Crippen molar-refractivity contribution < 1.29 is 23.8 Å². The van der Waals surface area contributed by atoms with Gasteiger partial charge in [-0.05, 0) is 35.9 Å². The first-order valence-corrected chi connectivity index (χ1v) is 9.12. The van der Waals surface area contributed by atoms with Gasteiger partial charge in [0.05, 0.1) is 24.8 Å². The molecule has 0 spiro atoms. The van der Waals surface area contributed by atoms with E-state index in [1.165, 1.54) is 36.3 Å². The normalized spacial score (nSPS) is 17.5. The minimum Gasteiger partial charge on any atom is -0.495 e. The fraction of sp³-hybridized carbons (Fsp3) is 0.300. The molecule has 0 aliphatic carbocycles. The number of halogens is 2. The average molecular weight is 407 g/mol. The molecule has 1 heterocycles. The second-order valence-electron chi connectivity index (χ2n) is 6.53. The van der Waals surface area contributed by atoms with Gasteiger partial charge in [-0.25, -0.2) is 4.39 Å². The average Bonchev–Trinajstić information content (AvgIpc) is 3.08. The van der Waals surface area contributed by atoms with E-state index < -0.39 is 17.8 Å². The number of anilines is 1. The lowest BCUT2D eigenvalue weighted by Gasteiger charge is -2.20. The summed E-state index contributed by atoms with van der Waals surface area (Å²) in [7, 11) is 1.49. The monoisotopic (exact) mass is 406 g/mol. The molecule has 2 N–H and O–H groups in total. The number of nitrogens with one attached hydrogen (secondary N) is 1. The zero-order valence-corrected chi connectivity index (χ0v) is 15.9. The minimum absolute atomic E-state index is 0.0321. The van der Waals surface area contributed by atoms with Crippen LogP contribution in [-0.4, -0.2) is 37.1 Å². The van der Waals surface area contributed by atoms with Crippen LogP contribution in [0, 0.1) is 11.7 Å². The first-order chi connectivity index (χ1) is 13.4. The van der Waals surface area contributed by atoms with Crippen molar-refractivity contribution in [2.75, 3.05) is 25.1 Å². The first-order valence-electron chi connectivity index (χ1n) is 8.74. The number of hydrogen-bond acceptors (Lipinski definition) is 4. The van der Waals surface area contributed by atoms with Crippen LogP contribution in [0.2, 0.25) is 5.02 Å². The summed E-state index contributed by atoms with van der Waals surface area (Å²) in [5.41, 5.74) is 1.01. The van der Waals surface area contributed by atoms with E-state index in [1.54, 1.807) is 18.2 Å². The largest absolute Gasteiger partial charge is 0.495 e. The smallest absolute Gasteiger partial charge is 0.227 e. The third kappa shape index (κ3) is 4.43. The van der Waals surface area contributed by atoms with Crippen LogP contribution >= 0.6 is 11.6 Å². The molecular formula is C20H20ClFN2O4. The Morgan fingerprint density at radius 3 is 2.75 bits per heavy atom. The summed E-state index contributed by atoms with van der Waals surface area (Å²) < 4.78 is 18.2. The molecule has 1 saturated heterocycles. The Hall–Kier alpha value is -2.64. The number of nitrogens with zero attached hydrogens (tertiary/aromatic N) is 1. The molecule has 2 amide bonds. The number of methoxy groups -OCH3 is 1. The summed E-state index contributed by atoms with van der Waals surface area (Å²) in [6.07, 6.45) is -0.917. The van der Waals surface area contributed by atoms with Gasteiger partial charge < -0.3 is 20.1 Å². The fourth-order valence-corrected chi connectivity index (χ4v) is 3.30. The Kier molecular flexibility index (Phi) is 6.16. The van der Waals surface area contributed by atoms with Crippen LogP contribution in [0.4, 0.5) is 10.1 Å². The van der Waals surface area contributed by atoms with Crippen molar-refractivity contribution in [2.45, 2.75) is 12.5 Å². The molecule has 8 heteroatoms. The predicted molar refractivity (Wildman–Crippen MR) is 103 cm³/mol. The van der Waals surface area contributed by atoms with Crippen LogP contribution in [0.25, 0.3) is 0 Å². The van der Waals surface area contributed by atoms with Crippen molar-refractivity contribution in [3.8, 4) is 5.75 Å². The van der Waals surface area contributed by atoms with Crippen molar-refractivity contribution >= 4 is 29.1 Å². The van der Waals surface area contributed by atoms with E-state index in [-0.39, 0.29) is 31.3 Å². The summed E-state index contributed by atoms with van der Waals surface area (Å²) in [6.45, 7) is 0.156. The van der Waals surface area contributed by atoms with E-state index in [0.29, 0.717) is 22.0 Å². The summed E-state index contributed by atoms with van der Waals surface area (Å²) in [5, 5.41) is 13.2. The SMILES string of the molecule is COc1ccc(Cl)cc1N1CC(C(=O)NCC(O)c2ccc(F)cc2)CC1=O. The van der Waals surface area contributed by atoms with Gasteiger partial charge in [0.2, 0.25) is 11.8 Å². The highest BCUT2D eigenvalue weighted by molar-refractivity contribution is 6.31. The topological polar surface area (TPSA) is 78.9 Å². The van der Waals surface area contributed by atoms with Gasteiger partial charge in [-0.15, -0.1) is 0 Å². The number of benzene rings is 2. The lowest BCUT2D eigenvalue weighted by molar-refractivity contribution is -0.126. The molecule has 0 radical (unpaired) electrons. The van der Waals surface area contributed by atoms with E-state index >= 15 is 0 Å². The lowest BCUT2D eigenvalue weighted by atomic mass is 10.1. The maximum absolute atomic E-state index is 13.0. The maximum atomic E-state index is 13.0. The fourth-order valence-electron chi connectivity index (χ4n) is 3.13. The van der Waals surface area contributed by atoms with E-state index in [0.717, 1.165) is 0 Å². The highest BCUT2D eigenvalue weighted by Gasteiger charge is 2.36. The van der Waals surface area contributed by atoms with Gasteiger partial charge in [-0.3, -0.25) is 9.59 Å². The standard InChI is InChI=1S/C20H20ClFN2O4/c1-28-18-7-4-14(21)9-16(18)24-11-13(8-19(24)26)20(27)23-10-17(25)12-2-5-15(22)6-3-12/h2-7,9,13,17,25H,8,10-11H2,1H3,(H,23,27).